The zero-order chi connectivity index (χ0) is 14.4. The second kappa shape index (κ2) is 6.86. The molecule has 0 bridgehead atoms. The first kappa shape index (κ1) is 14.3. The summed E-state index contributed by atoms with van der Waals surface area (Å²) in [6.45, 7) is 3.41. The van der Waals surface area contributed by atoms with Gasteiger partial charge in [-0.1, -0.05) is 37.3 Å². The molecular weight excluding hydrogens is 256 g/mol. The summed E-state index contributed by atoms with van der Waals surface area (Å²) >= 11 is 0. The van der Waals surface area contributed by atoms with Gasteiger partial charge in [0.2, 0.25) is 5.89 Å². The summed E-state index contributed by atoms with van der Waals surface area (Å²) in [6.07, 6.45) is 1.71. The number of aromatic nitrogens is 1. The normalized spacial score (nSPS) is 10.8. The number of benzene rings is 1. The average molecular weight is 274 g/mol. The van der Waals surface area contributed by atoms with Gasteiger partial charge >= 0.3 is 5.97 Å². The summed E-state index contributed by atoms with van der Waals surface area (Å²) in [5, 5.41) is 0. The first-order valence-corrected chi connectivity index (χ1v) is 6.52. The van der Waals surface area contributed by atoms with Crippen molar-refractivity contribution in [2.24, 2.45) is 0 Å². The Morgan fingerprint density at radius 1 is 1.35 bits per heavy atom. The molecule has 0 spiro atoms. The molecule has 0 unspecified atom stereocenters. The predicted molar refractivity (Wildman–Crippen MR) is 74.9 cm³/mol. The van der Waals surface area contributed by atoms with Gasteiger partial charge in [0, 0.05) is 5.56 Å². The Balaban J connectivity index is 2.03. The molecule has 0 fully saturated rings. The third-order valence-electron chi connectivity index (χ3n) is 3.00. The number of carbonyl (C=O) groups excluding carboxylic acids is 1. The molecule has 0 aliphatic heterocycles. The van der Waals surface area contributed by atoms with E-state index in [2.05, 4.69) is 9.72 Å². The summed E-state index contributed by atoms with van der Waals surface area (Å²) in [5.74, 6) is 1.06. The third-order valence-corrected chi connectivity index (χ3v) is 3.00. The highest BCUT2D eigenvalue weighted by Gasteiger charge is 2.13. The highest BCUT2D eigenvalue weighted by Crippen LogP contribution is 2.20. The number of methoxy groups -OCH3 is 1. The molecule has 0 aliphatic rings. The minimum Gasteiger partial charge on any atom is -0.468 e. The highest BCUT2D eigenvalue weighted by atomic mass is 16.5. The maximum Gasteiger partial charge on any atom is 0.319 e. The van der Waals surface area contributed by atoms with E-state index in [1.54, 1.807) is 6.20 Å². The fourth-order valence-electron chi connectivity index (χ4n) is 1.84. The molecule has 1 aromatic heterocycles. The lowest BCUT2D eigenvalue weighted by molar-refractivity contribution is -0.142. The first-order valence-electron chi connectivity index (χ1n) is 6.52. The maximum atomic E-state index is 11.3. The van der Waals surface area contributed by atoms with Crippen molar-refractivity contribution in [3.05, 3.63) is 42.4 Å². The van der Waals surface area contributed by atoms with Crippen LogP contribution in [-0.4, -0.2) is 36.1 Å². The molecule has 0 N–H and O–H groups in total. The SMILES string of the molecule is CCN(CC(=O)OC)Cc1ncc(-c2ccccc2)o1. The van der Waals surface area contributed by atoms with Crippen LogP contribution < -0.4 is 0 Å². The van der Waals surface area contributed by atoms with E-state index in [1.165, 1.54) is 7.11 Å². The van der Waals surface area contributed by atoms with Crippen LogP contribution in [0.2, 0.25) is 0 Å². The van der Waals surface area contributed by atoms with Gasteiger partial charge in [0.05, 0.1) is 26.4 Å². The van der Waals surface area contributed by atoms with Crippen LogP contribution >= 0.6 is 0 Å². The smallest absolute Gasteiger partial charge is 0.319 e. The number of esters is 1. The summed E-state index contributed by atoms with van der Waals surface area (Å²) in [6, 6.07) is 9.79. The van der Waals surface area contributed by atoms with Crippen LogP contribution in [0.3, 0.4) is 0 Å². The number of hydrogen-bond acceptors (Lipinski definition) is 5. The van der Waals surface area contributed by atoms with Gasteiger partial charge in [-0.05, 0) is 6.54 Å². The predicted octanol–water partition coefficient (Wildman–Crippen LogP) is 2.34. The number of carbonyl (C=O) groups is 1. The Bertz CT molecular complexity index is 551. The minimum atomic E-state index is -0.262. The number of oxazole rings is 1. The molecule has 0 saturated carbocycles. The van der Waals surface area contributed by atoms with Crippen LogP contribution in [0.5, 0.6) is 0 Å². The molecule has 0 amide bonds. The molecule has 2 rings (SSSR count). The van der Waals surface area contributed by atoms with Gasteiger partial charge in [-0.15, -0.1) is 0 Å². The molecule has 5 heteroatoms. The zero-order valence-corrected chi connectivity index (χ0v) is 11.7. The average Bonchev–Trinajstić information content (AvgIpc) is 2.95. The molecule has 0 aliphatic carbocycles. The maximum absolute atomic E-state index is 11.3. The van der Waals surface area contributed by atoms with Crippen molar-refractivity contribution in [2.75, 3.05) is 20.2 Å². The van der Waals surface area contributed by atoms with Gasteiger partial charge in [0.1, 0.15) is 0 Å². The topological polar surface area (TPSA) is 55.6 Å². The van der Waals surface area contributed by atoms with Gasteiger partial charge in [-0.25, -0.2) is 4.98 Å². The number of hydrogen-bond donors (Lipinski definition) is 0. The summed E-state index contributed by atoms with van der Waals surface area (Å²) in [4.78, 5) is 17.4. The molecule has 0 radical (unpaired) electrons. The highest BCUT2D eigenvalue weighted by molar-refractivity contribution is 5.71. The molecular formula is C15H18N2O3. The molecule has 1 aromatic carbocycles. The Labute approximate surface area is 118 Å². The van der Waals surface area contributed by atoms with E-state index in [0.29, 0.717) is 12.4 Å². The zero-order valence-electron chi connectivity index (χ0n) is 11.7. The Morgan fingerprint density at radius 3 is 2.75 bits per heavy atom. The van der Waals surface area contributed by atoms with Crippen LogP contribution in [0.15, 0.2) is 40.9 Å². The summed E-state index contributed by atoms with van der Waals surface area (Å²) in [7, 11) is 1.38. The van der Waals surface area contributed by atoms with Crippen molar-refractivity contribution in [1.29, 1.82) is 0 Å². The minimum absolute atomic E-state index is 0.232. The molecule has 0 atom stereocenters. The first-order chi connectivity index (χ1) is 9.72. The van der Waals surface area contributed by atoms with Crippen LogP contribution in [0.4, 0.5) is 0 Å². The van der Waals surface area contributed by atoms with Crippen LogP contribution in [0.1, 0.15) is 12.8 Å². The second-order valence-corrected chi connectivity index (χ2v) is 4.36. The largest absolute Gasteiger partial charge is 0.468 e. The van der Waals surface area contributed by atoms with Gasteiger partial charge in [-0.2, -0.15) is 0 Å². The number of likely N-dealkylation sites (N-methyl/N-ethyl adjacent to an activating group) is 1. The van der Waals surface area contributed by atoms with Gasteiger partial charge in [0.25, 0.3) is 0 Å². The van der Waals surface area contributed by atoms with Crippen LogP contribution in [0, 0.1) is 0 Å². The molecule has 5 nitrogen and oxygen atoms in total. The van der Waals surface area contributed by atoms with E-state index in [4.69, 9.17) is 4.42 Å². The summed E-state index contributed by atoms with van der Waals surface area (Å²) < 4.78 is 10.4. The monoisotopic (exact) mass is 274 g/mol. The van der Waals surface area contributed by atoms with Gasteiger partial charge in [0.15, 0.2) is 5.76 Å². The Kier molecular flexibility index (Phi) is 4.90. The quantitative estimate of drug-likeness (QED) is 0.757. The van der Waals surface area contributed by atoms with Crippen LogP contribution in [0.25, 0.3) is 11.3 Å². The van der Waals surface area contributed by atoms with Gasteiger partial charge < -0.3 is 9.15 Å². The lowest BCUT2D eigenvalue weighted by atomic mass is 10.2. The number of ether oxygens (including phenoxy) is 1. The van der Waals surface area contributed by atoms with Gasteiger partial charge in [-0.3, -0.25) is 9.69 Å². The lowest BCUT2D eigenvalue weighted by Gasteiger charge is -2.16. The van der Waals surface area contributed by atoms with E-state index in [0.717, 1.165) is 17.9 Å². The fourth-order valence-corrected chi connectivity index (χ4v) is 1.84. The van der Waals surface area contributed by atoms with Crippen molar-refractivity contribution >= 4 is 5.97 Å². The van der Waals surface area contributed by atoms with Crippen molar-refractivity contribution in [2.45, 2.75) is 13.5 Å². The van der Waals surface area contributed by atoms with Crippen molar-refractivity contribution in [3.8, 4) is 11.3 Å². The Hall–Kier alpha value is -2.14. The lowest BCUT2D eigenvalue weighted by Crippen LogP contribution is -2.30. The van der Waals surface area contributed by atoms with E-state index in [1.807, 2.05) is 42.2 Å². The molecule has 2 aromatic rings. The third kappa shape index (κ3) is 3.68. The van der Waals surface area contributed by atoms with E-state index in [-0.39, 0.29) is 12.5 Å². The van der Waals surface area contributed by atoms with Crippen molar-refractivity contribution in [1.82, 2.24) is 9.88 Å². The second-order valence-electron chi connectivity index (χ2n) is 4.36. The van der Waals surface area contributed by atoms with Crippen molar-refractivity contribution in [3.63, 3.8) is 0 Å². The van der Waals surface area contributed by atoms with Crippen molar-refractivity contribution < 1.29 is 13.9 Å². The van der Waals surface area contributed by atoms with Crippen LogP contribution in [-0.2, 0) is 16.1 Å². The summed E-state index contributed by atoms with van der Waals surface area (Å²) in [5.41, 5.74) is 0.988. The number of nitrogens with zero attached hydrogens (tertiary/aromatic N) is 2. The number of rotatable bonds is 6. The molecule has 0 saturated heterocycles. The standard InChI is InChI=1S/C15H18N2O3/c1-3-17(11-15(18)19-2)10-14-16-9-13(20-14)12-7-5-4-6-8-12/h4-9H,3,10-11H2,1-2H3. The van der Waals surface area contributed by atoms with E-state index >= 15 is 0 Å². The molecule has 20 heavy (non-hydrogen) atoms. The van der Waals surface area contributed by atoms with E-state index in [9.17, 15) is 4.79 Å². The molecule has 1 heterocycles. The van der Waals surface area contributed by atoms with E-state index < -0.39 is 0 Å². The fraction of sp³-hybridized carbons (Fsp3) is 0.333. The Morgan fingerprint density at radius 2 is 2.10 bits per heavy atom. The molecule has 106 valence electrons.